The van der Waals surface area contributed by atoms with E-state index in [4.69, 9.17) is 9.84 Å². The molecule has 0 saturated carbocycles. The molecule has 0 saturated heterocycles. The average Bonchev–Trinajstić information content (AvgIpc) is 2.33. The van der Waals surface area contributed by atoms with Gasteiger partial charge in [0.05, 0.1) is 18.6 Å². The number of benzene rings is 1. The molecule has 0 aliphatic heterocycles. The van der Waals surface area contributed by atoms with E-state index in [2.05, 4.69) is 0 Å². The standard InChI is InChI=1S/C12H17NO5S/c1-3-8-18-11-6-4-10(5-7-11)13(9-12(14)15)19(2,16)17/h4-7H,3,8-9H2,1-2H3,(H,14,15). The summed E-state index contributed by atoms with van der Waals surface area (Å²) in [6, 6.07) is 6.28. The first-order chi connectivity index (χ1) is 8.84. The average molecular weight is 287 g/mol. The molecule has 106 valence electrons. The first-order valence-corrected chi connectivity index (χ1v) is 7.61. The topological polar surface area (TPSA) is 83.9 Å². The number of nitrogens with zero attached hydrogens (tertiary/aromatic N) is 1. The highest BCUT2D eigenvalue weighted by molar-refractivity contribution is 7.92. The molecule has 1 aromatic rings. The molecule has 1 rings (SSSR count). The predicted molar refractivity (Wildman–Crippen MR) is 72.1 cm³/mol. The molecule has 0 aliphatic rings. The molecular weight excluding hydrogens is 270 g/mol. The molecule has 1 N–H and O–H groups in total. The lowest BCUT2D eigenvalue weighted by molar-refractivity contribution is -0.135. The lowest BCUT2D eigenvalue weighted by Crippen LogP contribution is -2.34. The number of ether oxygens (including phenoxy) is 1. The number of rotatable bonds is 7. The lowest BCUT2D eigenvalue weighted by Gasteiger charge is -2.20. The minimum absolute atomic E-state index is 0.300. The van der Waals surface area contributed by atoms with Gasteiger partial charge < -0.3 is 9.84 Å². The van der Waals surface area contributed by atoms with Crippen LogP contribution >= 0.6 is 0 Å². The number of sulfonamides is 1. The van der Waals surface area contributed by atoms with Gasteiger partial charge in [-0.05, 0) is 30.7 Å². The molecule has 0 amide bonds. The second-order valence-electron chi connectivity index (χ2n) is 4.01. The SMILES string of the molecule is CCCOc1ccc(N(CC(=O)O)S(C)(=O)=O)cc1. The van der Waals surface area contributed by atoms with Crippen molar-refractivity contribution < 1.29 is 23.1 Å². The van der Waals surface area contributed by atoms with E-state index >= 15 is 0 Å². The largest absolute Gasteiger partial charge is 0.494 e. The molecule has 0 unspecified atom stereocenters. The minimum atomic E-state index is -3.63. The van der Waals surface area contributed by atoms with Gasteiger partial charge in [-0.3, -0.25) is 9.10 Å². The minimum Gasteiger partial charge on any atom is -0.494 e. The van der Waals surface area contributed by atoms with Gasteiger partial charge in [-0.1, -0.05) is 6.92 Å². The Balaban J connectivity index is 2.94. The van der Waals surface area contributed by atoms with Crippen molar-refractivity contribution in [2.45, 2.75) is 13.3 Å². The summed E-state index contributed by atoms with van der Waals surface area (Å²) in [5.74, 6) is -0.592. The van der Waals surface area contributed by atoms with Crippen LogP contribution in [0.1, 0.15) is 13.3 Å². The summed E-state index contributed by atoms with van der Waals surface area (Å²) in [7, 11) is -3.63. The van der Waals surface area contributed by atoms with Gasteiger partial charge >= 0.3 is 5.97 Å². The molecule has 6 nitrogen and oxygen atoms in total. The second-order valence-corrected chi connectivity index (χ2v) is 5.91. The summed E-state index contributed by atoms with van der Waals surface area (Å²) in [6.45, 7) is 1.95. The van der Waals surface area contributed by atoms with Crippen LogP contribution in [0.25, 0.3) is 0 Å². The summed E-state index contributed by atoms with van der Waals surface area (Å²) >= 11 is 0. The number of carboxylic acid groups (broad SMARTS) is 1. The van der Waals surface area contributed by atoms with E-state index in [0.29, 0.717) is 18.0 Å². The van der Waals surface area contributed by atoms with Gasteiger partial charge in [-0.2, -0.15) is 0 Å². The van der Waals surface area contributed by atoms with Crippen LogP contribution in [0.4, 0.5) is 5.69 Å². The van der Waals surface area contributed by atoms with Crippen molar-refractivity contribution >= 4 is 21.7 Å². The van der Waals surface area contributed by atoms with Crippen LogP contribution in [0.15, 0.2) is 24.3 Å². The second kappa shape index (κ2) is 6.42. The van der Waals surface area contributed by atoms with E-state index in [-0.39, 0.29) is 0 Å². The van der Waals surface area contributed by atoms with Crippen LogP contribution in [-0.4, -0.2) is 38.9 Å². The van der Waals surface area contributed by atoms with E-state index in [0.717, 1.165) is 17.0 Å². The first-order valence-electron chi connectivity index (χ1n) is 5.77. The van der Waals surface area contributed by atoms with Gasteiger partial charge in [-0.25, -0.2) is 8.42 Å². The zero-order valence-corrected chi connectivity index (χ0v) is 11.7. The molecule has 0 spiro atoms. The van der Waals surface area contributed by atoms with Gasteiger partial charge in [0.25, 0.3) is 0 Å². The van der Waals surface area contributed by atoms with E-state index in [9.17, 15) is 13.2 Å². The Bertz CT molecular complexity index is 524. The smallest absolute Gasteiger partial charge is 0.324 e. The molecule has 0 aliphatic carbocycles. The Morgan fingerprint density at radius 3 is 2.32 bits per heavy atom. The van der Waals surface area contributed by atoms with Crippen molar-refractivity contribution in [1.82, 2.24) is 0 Å². The molecule has 1 aromatic carbocycles. The van der Waals surface area contributed by atoms with Crippen molar-refractivity contribution in [1.29, 1.82) is 0 Å². The van der Waals surface area contributed by atoms with Gasteiger partial charge in [0, 0.05) is 0 Å². The van der Waals surface area contributed by atoms with Gasteiger partial charge in [0.1, 0.15) is 12.3 Å². The third-order valence-corrected chi connectivity index (χ3v) is 3.42. The molecule has 0 bridgehead atoms. The normalized spacial score (nSPS) is 11.1. The Hall–Kier alpha value is -1.76. The van der Waals surface area contributed by atoms with E-state index < -0.39 is 22.5 Å². The first kappa shape index (κ1) is 15.3. The molecule has 0 radical (unpaired) electrons. The number of anilines is 1. The van der Waals surface area contributed by atoms with Crippen molar-refractivity contribution in [2.75, 3.05) is 23.7 Å². The van der Waals surface area contributed by atoms with Crippen LogP contribution in [0.5, 0.6) is 5.75 Å². The zero-order valence-electron chi connectivity index (χ0n) is 10.9. The van der Waals surface area contributed by atoms with E-state index in [1.165, 1.54) is 12.1 Å². The molecule has 7 heteroatoms. The molecular formula is C12H17NO5S. The highest BCUT2D eigenvalue weighted by Crippen LogP contribution is 2.21. The van der Waals surface area contributed by atoms with Gasteiger partial charge in [-0.15, -0.1) is 0 Å². The summed E-state index contributed by atoms with van der Waals surface area (Å²) < 4.78 is 29.3. The Labute approximate surface area is 112 Å². The van der Waals surface area contributed by atoms with Crippen molar-refractivity contribution in [2.24, 2.45) is 0 Å². The molecule has 0 aromatic heterocycles. The van der Waals surface area contributed by atoms with Gasteiger partial charge in [0.15, 0.2) is 0 Å². The number of hydrogen-bond donors (Lipinski definition) is 1. The predicted octanol–water partition coefficient (Wildman–Crippen LogP) is 1.33. The summed E-state index contributed by atoms with van der Waals surface area (Å²) in [6.07, 6.45) is 1.84. The van der Waals surface area contributed by atoms with Crippen molar-refractivity contribution in [3.8, 4) is 5.75 Å². The summed E-state index contributed by atoms with van der Waals surface area (Å²) in [5.41, 5.74) is 0.300. The Kier molecular flexibility index (Phi) is 5.17. The Morgan fingerprint density at radius 2 is 1.89 bits per heavy atom. The fourth-order valence-corrected chi connectivity index (χ4v) is 2.30. The fraction of sp³-hybridized carbons (Fsp3) is 0.417. The zero-order chi connectivity index (χ0) is 14.5. The number of carbonyl (C=O) groups is 1. The molecule has 0 atom stereocenters. The number of carboxylic acids is 1. The summed E-state index contributed by atoms with van der Waals surface area (Å²) in [4.78, 5) is 10.7. The van der Waals surface area contributed by atoms with Crippen LogP contribution in [0.2, 0.25) is 0 Å². The van der Waals surface area contributed by atoms with Crippen LogP contribution < -0.4 is 9.04 Å². The maximum absolute atomic E-state index is 11.6. The highest BCUT2D eigenvalue weighted by Gasteiger charge is 2.20. The lowest BCUT2D eigenvalue weighted by atomic mass is 10.3. The van der Waals surface area contributed by atoms with Crippen molar-refractivity contribution in [3.63, 3.8) is 0 Å². The number of aliphatic carboxylic acids is 1. The summed E-state index contributed by atoms with van der Waals surface area (Å²) in [5, 5.41) is 8.75. The van der Waals surface area contributed by atoms with Crippen LogP contribution in [0, 0.1) is 0 Å². The van der Waals surface area contributed by atoms with E-state index in [1.54, 1.807) is 12.1 Å². The molecule has 0 heterocycles. The third kappa shape index (κ3) is 4.78. The van der Waals surface area contributed by atoms with Crippen molar-refractivity contribution in [3.05, 3.63) is 24.3 Å². The van der Waals surface area contributed by atoms with E-state index in [1.807, 2.05) is 6.92 Å². The quantitative estimate of drug-likeness (QED) is 0.817. The third-order valence-electron chi connectivity index (χ3n) is 2.28. The number of hydrogen-bond acceptors (Lipinski definition) is 4. The monoisotopic (exact) mass is 287 g/mol. The molecule has 0 fully saturated rings. The molecule has 19 heavy (non-hydrogen) atoms. The van der Waals surface area contributed by atoms with Crippen LogP contribution in [-0.2, 0) is 14.8 Å². The van der Waals surface area contributed by atoms with Crippen LogP contribution in [0.3, 0.4) is 0 Å². The Morgan fingerprint density at radius 1 is 1.32 bits per heavy atom. The highest BCUT2D eigenvalue weighted by atomic mass is 32.2. The fourth-order valence-electron chi connectivity index (χ4n) is 1.45. The maximum Gasteiger partial charge on any atom is 0.324 e. The maximum atomic E-state index is 11.6. The van der Waals surface area contributed by atoms with Gasteiger partial charge in [0.2, 0.25) is 10.0 Å².